The van der Waals surface area contributed by atoms with Crippen LogP contribution in [-0.2, 0) is 14.3 Å². The van der Waals surface area contributed by atoms with E-state index in [0.29, 0.717) is 24.1 Å². The summed E-state index contributed by atoms with van der Waals surface area (Å²) in [6, 6.07) is 15.4. The molecule has 1 aliphatic carbocycles. The number of rotatable bonds is 6. The van der Waals surface area contributed by atoms with Gasteiger partial charge in [0.05, 0.1) is 20.8 Å². The van der Waals surface area contributed by atoms with E-state index in [-0.39, 0.29) is 24.3 Å². The number of aliphatic imine (C=N–C) groups is 1. The van der Waals surface area contributed by atoms with E-state index in [1.54, 1.807) is 21.1 Å². The summed E-state index contributed by atoms with van der Waals surface area (Å²) in [6.07, 6.45) is 1.02. The number of ether oxygens (including phenoxy) is 3. The number of hydrogen-bond donors (Lipinski definition) is 0. The Morgan fingerprint density at radius 3 is 2.06 bits per heavy atom. The Bertz CT molecular complexity index is 1100. The molecule has 0 aromatic heterocycles. The van der Waals surface area contributed by atoms with Gasteiger partial charge in [0.15, 0.2) is 5.78 Å². The third kappa shape index (κ3) is 4.42. The van der Waals surface area contributed by atoms with Crippen LogP contribution in [0.1, 0.15) is 49.7 Å². The lowest BCUT2D eigenvalue weighted by Crippen LogP contribution is -2.38. The summed E-state index contributed by atoms with van der Waals surface area (Å²) in [4.78, 5) is 31.3. The van der Waals surface area contributed by atoms with Crippen molar-refractivity contribution in [1.29, 1.82) is 0 Å². The van der Waals surface area contributed by atoms with Crippen LogP contribution in [0.5, 0.6) is 11.5 Å². The highest BCUT2D eigenvalue weighted by molar-refractivity contribution is 6.09. The van der Waals surface area contributed by atoms with Crippen molar-refractivity contribution in [2.75, 3.05) is 20.8 Å². The normalized spacial score (nSPS) is 22.4. The van der Waals surface area contributed by atoms with E-state index in [2.05, 4.69) is 0 Å². The summed E-state index contributed by atoms with van der Waals surface area (Å²) in [5.74, 6) is 0.167. The number of carbonyl (C=O) groups is 2. The van der Waals surface area contributed by atoms with Gasteiger partial charge in [-0.15, -0.1) is 0 Å². The zero-order chi connectivity index (χ0) is 23.5. The van der Waals surface area contributed by atoms with E-state index >= 15 is 0 Å². The molecular formula is C27H29NO5. The molecule has 0 radical (unpaired) electrons. The van der Waals surface area contributed by atoms with Crippen LogP contribution in [0, 0.1) is 5.92 Å². The van der Waals surface area contributed by atoms with Gasteiger partial charge in [0.1, 0.15) is 17.4 Å². The minimum atomic E-state index is -0.626. The quantitative estimate of drug-likeness (QED) is 0.593. The summed E-state index contributed by atoms with van der Waals surface area (Å²) < 4.78 is 15.9. The number of ketones is 1. The fraction of sp³-hybridized carbons (Fsp3) is 0.370. The Balaban J connectivity index is 1.76. The van der Waals surface area contributed by atoms with Crippen LogP contribution in [-0.4, -0.2) is 38.3 Å². The standard InChI is InChI=1S/C27H29NO5/c1-5-33-27(30)24-16(2)28-22-14-19(17-6-10-20(31-3)11-7-17)15-23(29)26(22)25(24)18-8-12-21(32-4)13-9-18/h6-13,19,24-25H,5,14-15H2,1-4H3/t19-,24?,25+/m0/s1. The fourth-order valence-corrected chi connectivity index (χ4v) is 4.88. The average molecular weight is 448 g/mol. The largest absolute Gasteiger partial charge is 0.497 e. The van der Waals surface area contributed by atoms with Gasteiger partial charge in [-0.1, -0.05) is 24.3 Å². The molecule has 0 bridgehead atoms. The number of benzene rings is 2. The molecule has 2 aliphatic rings. The first-order valence-corrected chi connectivity index (χ1v) is 11.2. The molecule has 33 heavy (non-hydrogen) atoms. The molecule has 2 aromatic carbocycles. The highest BCUT2D eigenvalue weighted by atomic mass is 16.5. The molecule has 0 saturated carbocycles. The minimum absolute atomic E-state index is 0.0310. The first-order valence-electron chi connectivity index (χ1n) is 11.2. The Morgan fingerprint density at radius 1 is 0.939 bits per heavy atom. The predicted octanol–water partition coefficient (Wildman–Crippen LogP) is 4.84. The molecular weight excluding hydrogens is 418 g/mol. The Labute approximate surface area is 194 Å². The van der Waals surface area contributed by atoms with Crippen molar-refractivity contribution in [1.82, 2.24) is 0 Å². The molecule has 1 heterocycles. The number of esters is 1. The van der Waals surface area contributed by atoms with Gasteiger partial charge in [0.25, 0.3) is 0 Å². The molecule has 2 aromatic rings. The van der Waals surface area contributed by atoms with Crippen molar-refractivity contribution in [3.63, 3.8) is 0 Å². The second kappa shape index (κ2) is 9.61. The van der Waals surface area contributed by atoms with E-state index in [0.717, 1.165) is 28.3 Å². The van der Waals surface area contributed by atoms with Crippen LogP contribution in [0.3, 0.4) is 0 Å². The number of nitrogens with zero attached hydrogens (tertiary/aromatic N) is 1. The van der Waals surface area contributed by atoms with Gasteiger partial charge in [-0.05, 0) is 61.6 Å². The Kier molecular flexibility index (Phi) is 6.63. The summed E-state index contributed by atoms with van der Waals surface area (Å²) in [6.45, 7) is 3.91. The maximum Gasteiger partial charge on any atom is 0.315 e. The number of methoxy groups -OCH3 is 2. The highest BCUT2D eigenvalue weighted by Crippen LogP contribution is 2.47. The topological polar surface area (TPSA) is 74.2 Å². The van der Waals surface area contributed by atoms with Crippen molar-refractivity contribution < 1.29 is 23.8 Å². The van der Waals surface area contributed by atoms with Crippen LogP contribution in [0.2, 0.25) is 0 Å². The Hall–Kier alpha value is -3.41. The SMILES string of the molecule is CCOC(=O)C1C(C)=NC2=C(C(=O)C[C@@H](c3ccc(OC)cc3)C2)[C@@H]1c1ccc(OC)cc1. The number of hydrogen-bond acceptors (Lipinski definition) is 6. The van der Waals surface area contributed by atoms with E-state index < -0.39 is 11.8 Å². The summed E-state index contributed by atoms with van der Waals surface area (Å²) in [5.41, 5.74) is 4.04. The monoisotopic (exact) mass is 447 g/mol. The fourth-order valence-electron chi connectivity index (χ4n) is 4.88. The lowest BCUT2D eigenvalue weighted by Gasteiger charge is -2.36. The second-order valence-electron chi connectivity index (χ2n) is 8.40. The maximum absolute atomic E-state index is 13.5. The van der Waals surface area contributed by atoms with Gasteiger partial charge in [0.2, 0.25) is 0 Å². The second-order valence-corrected chi connectivity index (χ2v) is 8.40. The van der Waals surface area contributed by atoms with E-state index in [9.17, 15) is 9.59 Å². The molecule has 1 unspecified atom stereocenters. The van der Waals surface area contributed by atoms with Crippen LogP contribution in [0.15, 0.2) is 64.8 Å². The molecule has 172 valence electrons. The van der Waals surface area contributed by atoms with Crippen LogP contribution < -0.4 is 9.47 Å². The van der Waals surface area contributed by atoms with Crippen molar-refractivity contribution in [2.24, 2.45) is 10.9 Å². The van der Waals surface area contributed by atoms with Gasteiger partial charge < -0.3 is 14.2 Å². The molecule has 1 aliphatic heterocycles. The zero-order valence-electron chi connectivity index (χ0n) is 19.5. The molecule has 0 saturated heterocycles. The minimum Gasteiger partial charge on any atom is -0.497 e. The molecule has 3 atom stereocenters. The first-order chi connectivity index (χ1) is 16.0. The third-order valence-corrected chi connectivity index (χ3v) is 6.49. The smallest absolute Gasteiger partial charge is 0.315 e. The molecule has 6 heteroatoms. The lowest BCUT2D eigenvalue weighted by atomic mass is 9.69. The van der Waals surface area contributed by atoms with Gasteiger partial charge in [-0.3, -0.25) is 14.6 Å². The van der Waals surface area contributed by atoms with Crippen LogP contribution >= 0.6 is 0 Å². The van der Waals surface area contributed by atoms with E-state index in [1.807, 2.05) is 55.5 Å². The molecule has 0 fully saturated rings. The van der Waals surface area contributed by atoms with Crippen LogP contribution in [0.25, 0.3) is 0 Å². The van der Waals surface area contributed by atoms with Crippen LogP contribution in [0.4, 0.5) is 0 Å². The van der Waals surface area contributed by atoms with Gasteiger partial charge in [0, 0.05) is 29.3 Å². The predicted molar refractivity (Wildman–Crippen MR) is 126 cm³/mol. The summed E-state index contributed by atoms with van der Waals surface area (Å²) >= 11 is 0. The number of Topliss-reactive ketones (excluding diaryl/α,β-unsaturated/α-hetero) is 1. The van der Waals surface area contributed by atoms with Gasteiger partial charge in [-0.2, -0.15) is 0 Å². The maximum atomic E-state index is 13.5. The molecule has 0 N–H and O–H groups in total. The molecule has 0 amide bonds. The molecule has 4 rings (SSSR count). The average Bonchev–Trinajstić information content (AvgIpc) is 2.83. The number of carbonyl (C=O) groups excluding carboxylic acids is 2. The van der Waals surface area contributed by atoms with Crippen molar-refractivity contribution >= 4 is 17.5 Å². The first kappa shape index (κ1) is 22.8. The third-order valence-electron chi connectivity index (χ3n) is 6.49. The molecule has 0 spiro atoms. The number of allylic oxidation sites excluding steroid dienone is 2. The lowest BCUT2D eigenvalue weighted by molar-refractivity contribution is -0.146. The van der Waals surface area contributed by atoms with Gasteiger partial charge in [-0.25, -0.2) is 0 Å². The highest BCUT2D eigenvalue weighted by Gasteiger charge is 2.44. The van der Waals surface area contributed by atoms with Crippen molar-refractivity contribution in [3.05, 3.63) is 70.9 Å². The summed E-state index contributed by atoms with van der Waals surface area (Å²) in [5, 5.41) is 0. The zero-order valence-corrected chi connectivity index (χ0v) is 19.5. The van der Waals surface area contributed by atoms with E-state index in [1.165, 1.54) is 0 Å². The van der Waals surface area contributed by atoms with Crippen molar-refractivity contribution in [3.8, 4) is 11.5 Å². The summed E-state index contributed by atoms with van der Waals surface area (Å²) in [7, 11) is 3.24. The van der Waals surface area contributed by atoms with E-state index in [4.69, 9.17) is 19.2 Å². The van der Waals surface area contributed by atoms with Gasteiger partial charge >= 0.3 is 5.97 Å². The Morgan fingerprint density at radius 2 is 1.52 bits per heavy atom. The van der Waals surface area contributed by atoms with Crippen molar-refractivity contribution in [2.45, 2.75) is 38.5 Å². The molecule has 6 nitrogen and oxygen atoms in total.